The summed E-state index contributed by atoms with van der Waals surface area (Å²) in [6, 6.07) is 12.5. The third-order valence-electron chi connectivity index (χ3n) is 4.98. The first-order valence-electron chi connectivity index (χ1n) is 10.4. The fourth-order valence-electron chi connectivity index (χ4n) is 3.30. The summed E-state index contributed by atoms with van der Waals surface area (Å²) >= 11 is 1.31. The summed E-state index contributed by atoms with van der Waals surface area (Å²) in [6.45, 7) is 1.89. The second-order valence-electron chi connectivity index (χ2n) is 7.31. The predicted molar refractivity (Wildman–Crippen MR) is 123 cm³/mol. The quantitative estimate of drug-likeness (QED) is 0.420. The highest BCUT2D eigenvalue weighted by Gasteiger charge is 2.17. The van der Waals surface area contributed by atoms with Crippen molar-refractivity contribution >= 4 is 33.9 Å². The number of aromatic nitrogens is 3. The van der Waals surface area contributed by atoms with Gasteiger partial charge in [-0.3, -0.25) is 9.59 Å². The van der Waals surface area contributed by atoms with Gasteiger partial charge in [0.15, 0.2) is 11.5 Å². The van der Waals surface area contributed by atoms with Crippen LogP contribution in [0.1, 0.15) is 38.3 Å². The summed E-state index contributed by atoms with van der Waals surface area (Å²) in [5.41, 5.74) is 1.05. The molecule has 2 aromatic carbocycles. The minimum atomic E-state index is -0.611. The molecule has 0 fully saturated rings. The Bertz CT molecular complexity index is 1480. The van der Waals surface area contributed by atoms with Crippen molar-refractivity contribution in [1.29, 1.82) is 0 Å². The van der Waals surface area contributed by atoms with E-state index in [0.29, 0.717) is 39.8 Å². The second-order valence-corrected chi connectivity index (χ2v) is 8.35. The zero-order chi connectivity index (χ0) is 23.7. The van der Waals surface area contributed by atoms with Gasteiger partial charge in [0.25, 0.3) is 11.5 Å². The van der Waals surface area contributed by atoms with E-state index in [9.17, 15) is 14.4 Å². The molecule has 10 nitrogen and oxygen atoms in total. The molecular weight excluding hydrogens is 460 g/mol. The Hall–Kier alpha value is -4.25. The van der Waals surface area contributed by atoms with Crippen LogP contribution >= 0.6 is 11.3 Å². The molecule has 0 atom stereocenters. The van der Waals surface area contributed by atoms with Crippen molar-refractivity contribution in [3.05, 3.63) is 80.7 Å². The van der Waals surface area contributed by atoms with Crippen LogP contribution in [0.3, 0.4) is 0 Å². The summed E-state index contributed by atoms with van der Waals surface area (Å²) in [6.07, 6.45) is 0.694. The van der Waals surface area contributed by atoms with E-state index in [-0.39, 0.29) is 30.4 Å². The summed E-state index contributed by atoms with van der Waals surface area (Å²) in [4.78, 5) is 42.2. The summed E-state index contributed by atoms with van der Waals surface area (Å²) in [5.74, 6) is 0.108. The van der Waals surface area contributed by atoms with Crippen molar-refractivity contribution in [2.24, 2.45) is 0 Å². The van der Waals surface area contributed by atoms with Gasteiger partial charge in [0.2, 0.25) is 11.8 Å². The van der Waals surface area contributed by atoms with Crippen LogP contribution in [0, 0.1) is 0 Å². The first kappa shape index (κ1) is 21.6. The highest BCUT2D eigenvalue weighted by atomic mass is 32.1. The van der Waals surface area contributed by atoms with Crippen LogP contribution < -0.4 is 20.3 Å². The van der Waals surface area contributed by atoms with Crippen LogP contribution in [0.25, 0.3) is 4.96 Å². The van der Waals surface area contributed by atoms with Crippen LogP contribution in [-0.2, 0) is 17.8 Å². The van der Waals surface area contributed by atoms with Crippen molar-refractivity contribution in [2.75, 3.05) is 12.1 Å². The molecular formula is C23H18N4O6S. The van der Waals surface area contributed by atoms with Crippen LogP contribution in [0.5, 0.6) is 11.5 Å². The van der Waals surface area contributed by atoms with Crippen LogP contribution in [0.4, 0.5) is 5.69 Å². The second kappa shape index (κ2) is 8.94. The highest BCUT2D eigenvalue weighted by Crippen LogP contribution is 2.32. The van der Waals surface area contributed by atoms with Gasteiger partial charge in [0.05, 0.1) is 11.3 Å². The van der Waals surface area contributed by atoms with E-state index in [1.165, 1.54) is 28.0 Å². The Balaban J connectivity index is 1.26. The number of benzene rings is 2. The lowest BCUT2D eigenvalue weighted by Crippen LogP contribution is -2.17. The Morgan fingerprint density at radius 2 is 1.97 bits per heavy atom. The zero-order valence-electron chi connectivity index (χ0n) is 17.9. The SMILES string of the molecule is CCc1nn2c(=O)cc(COC(=O)c3cccc(NC(=O)c4ccc5c(c4)OCO5)c3)nc2s1. The molecule has 0 saturated heterocycles. The number of carbonyl (C=O) groups excluding carboxylic acids is 2. The lowest BCUT2D eigenvalue weighted by Gasteiger charge is -2.08. The van der Waals surface area contributed by atoms with Gasteiger partial charge >= 0.3 is 5.97 Å². The molecule has 34 heavy (non-hydrogen) atoms. The molecule has 0 saturated carbocycles. The fourth-order valence-corrected chi connectivity index (χ4v) is 4.16. The van der Waals surface area contributed by atoms with Gasteiger partial charge < -0.3 is 19.5 Å². The monoisotopic (exact) mass is 478 g/mol. The molecule has 0 spiro atoms. The standard InChI is InChI=1S/C23H18N4O6S/c1-2-19-26-27-20(28)10-16(25-23(27)34-19)11-31-22(30)14-4-3-5-15(8-14)24-21(29)13-6-7-17-18(9-13)33-12-32-17/h3-10H,2,11-12H2,1H3,(H,24,29). The molecule has 4 aromatic rings. The van der Waals surface area contributed by atoms with E-state index in [1.807, 2.05) is 6.92 Å². The van der Waals surface area contributed by atoms with E-state index >= 15 is 0 Å². The molecule has 0 unspecified atom stereocenters. The Morgan fingerprint density at radius 1 is 1.12 bits per heavy atom. The molecule has 11 heteroatoms. The maximum atomic E-state index is 12.6. The number of aryl methyl sites for hydroxylation is 1. The number of hydrogen-bond donors (Lipinski definition) is 1. The van der Waals surface area contributed by atoms with Crippen molar-refractivity contribution in [3.63, 3.8) is 0 Å². The number of amides is 1. The van der Waals surface area contributed by atoms with Gasteiger partial charge in [-0.05, 0) is 42.8 Å². The molecule has 1 aliphatic heterocycles. The number of esters is 1. The summed E-state index contributed by atoms with van der Waals surface area (Å²) in [7, 11) is 0. The Labute approximate surface area is 196 Å². The van der Waals surface area contributed by atoms with Gasteiger partial charge in [-0.25, -0.2) is 9.78 Å². The average Bonchev–Trinajstić information content (AvgIpc) is 3.49. The average molecular weight is 478 g/mol. The van der Waals surface area contributed by atoms with E-state index in [2.05, 4.69) is 15.4 Å². The first-order chi connectivity index (χ1) is 16.5. The topological polar surface area (TPSA) is 121 Å². The largest absolute Gasteiger partial charge is 0.456 e. The summed E-state index contributed by atoms with van der Waals surface area (Å²) in [5, 5.41) is 7.73. The van der Waals surface area contributed by atoms with Crippen molar-refractivity contribution < 1.29 is 23.8 Å². The smallest absolute Gasteiger partial charge is 0.338 e. The van der Waals surface area contributed by atoms with Crippen molar-refractivity contribution in [3.8, 4) is 11.5 Å². The number of anilines is 1. The molecule has 0 bridgehead atoms. The maximum absolute atomic E-state index is 12.6. The molecule has 1 aliphatic rings. The number of nitrogens with one attached hydrogen (secondary N) is 1. The van der Waals surface area contributed by atoms with E-state index in [0.717, 1.165) is 5.01 Å². The molecule has 5 rings (SSSR count). The normalized spacial score (nSPS) is 12.0. The molecule has 2 aromatic heterocycles. The molecule has 3 heterocycles. The lowest BCUT2D eigenvalue weighted by molar-refractivity contribution is 0.0467. The van der Waals surface area contributed by atoms with Crippen LogP contribution in [0.15, 0.2) is 53.3 Å². The molecule has 1 N–H and O–H groups in total. The lowest BCUT2D eigenvalue weighted by atomic mass is 10.1. The number of fused-ring (bicyclic) bond motifs is 2. The molecule has 0 radical (unpaired) electrons. The first-order valence-corrected chi connectivity index (χ1v) is 11.2. The molecule has 0 aliphatic carbocycles. The number of rotatable bonds is 6. The molecule has 1 amide bonds. The predicted octanol–water partition coefficient (Wildman–Crippen LogP) is 3.05. The van der Waals surface area contributed by atoms with E-state index in [4.69, 9.17) is 14.2 Å². The highest BCUT2D eigenvalue weighted by molar-refractivity contribution is 7.16. The number of nitrogens with zero attached hydrogens (tertiary/aromatic N) is 3. The number of hydrogen-bond acceptors (Lipinski definition) is 9. The van der Waals surface area contributed by atoms with Gasteiger partial charge in [-0.1, -0.05) is 24.3 Å². The van der Waals surface area contributed by atoms with Gasteiger partial charge in [0, 0.05) is 17.3 Å². The summed E-state index contributed by atoms with van der Waals surface area (Å²) < 4.78 is 17.1. The van der Waals surface area contributed by atoms with E-state index < -0.39 is 5.97 Å². The third kappa shape index (κ3) is 4.33. The minimum Gasteiger partial charge on any atom is -0.456 e. The van der Waals surface area contributed by atoms with Crippen LogP contribution in [-0.4, -0.2) is 33.3 Å². The Kier molecular flexibility index (Phi) is 5.68. The molecule has 172 valence electrons. The van der Waals surface area contributed by atoms with Gasteiger partial charge in [-0.15, -0.1) is 0 Å². The van der Waals surface area contributed by atoms with Crippen LogP contribution in [0.2, 0.25) is 0 Å². The minimum absolute atomic E-state index is 0.118. The maximum Gasteiger partial charge on any atom is 0.338 e. The fraction of sp³-hybridized carbons (Fsp3) is 0.174. The van der Waals surface area contributed by atoms with E-state index in [1.54, 1.807) is 36.4 Å². The van der Waals surface area contributed by atoms with Crippen molar-refractivity contribution in [1.82, 2.24) is 14.6 Å². The number of ether oxygens (including phenoxy) is 3. The van der Waals surface area contributed by atoms with Crippen molar-refractivity contribution in [2.45, 2.75) is 20.0 Å². The third-order valence-corrected chi connectivity index (χ3v) is 6.04. The van der Waals surface area contributed by atoms with Gasteiger partial charge in [-0.2, -0.15) is 9.61 Å². The Morgan fingerprint density at radius 3 is 2.82 bits per heavy atom. The van der Waals surface area contributed by atoms with Gasteiger partial charge in [0.1, 0.15) is 11.6 Å². The number of carbonyl (C=O) groups is 2. The zero-order valence-corrected chi connectivity index (χ0v) is 18.8.